The minimum absolute atomic E-state index is 0.937. The third-order valence-electron chi connectivity index (χ3n) is 1.89. The van der Waals surface area contributed by atoms with E-state index in [1.807, 2.05) is 13.0 Å². The second-order valence-corrected chi connectivity index (χ2v) is 2.70. The minimum Gasteiger partial charge on any atom is -0.282 e. The number of nitrogens with one attached hydrogen (secondary N) is 1. The van der Waals surface area contributed by atoms with Gasteiger partial charge in [-0.3, -0.25) is 5.10 Å². The van der Waals surface area contributed by atoms with E-state index >= 15 is 0 Å². The van der Waals surface area contributed by atoms with Gasteiger partial charge in [-0.25, -0.2) is 0 Å². The van der Waals surface area contributed by atoms with Gasteiger partial charge in [-0.2, -0.15) is 5.10 Å². The summed E-state index contributed by atoms with van der Waals surface area (Å²) in [6.45, 7) is 2.04. The van der Waals surface area contributed by atoms with E-state index < -0.39 is 0 Å². The van der Waals surface area contributed by atoms with Crippen LogP contribution in [0.1, 0.15) is 17.0 Å². The molecule has 2 nitrogen and oxygen atoms in total. The van der Waals surface area contributed by atoms with Gasteiger partial charge in [0.2, 0.25) is 0 Å². The molecule has 0 amide bonds. The monoisotopic (exact) mass is 146 g/mol. The predicted octanol–water partition coefficient (Wildman–Crippen LogP) is 1.84. The van der Waals surface area contributed by atoms with Gasteiger partial charge < -0.3 is 0 Å². The molecule has 1 aromatic rings. The van der Waals surface area contributed by atoms with Crippen molar-refractivity contribution in [3.63, 3.8) is 0 Å². The molecule has 0 saturated carbocycles. The molecule has 0 atom stereocenters. The quantitative estimate of drug-likeness (QED) is 0.594. The first-order valence-corrected chi connectivity index (χ1v) is 3.75. The summed E-state index contributed by atoms with van der Waals surface area (Å²) in [7, 11) is 0. The van der Waals surface area contributed by atoms with Gasteiger partial charge in [0.1, 0.15) is 0 Å². The van der Waals surface area contributed by atoms with E-state index in [4.69, 9.17) is 0 Å². The maximum absolute atomic E-state index is 4.19. The van der Waals surface area contributed by atoms with E-state index in [2.05, 4.69) is 28.4 Å². The molecule has 0 unspecified atom stereocenters. The highest BCUT2D eigenvalue weighted by atomic mass is 15.1. The zero-order chi connectivity index (χ0) is 7.68. The van der Waals surface area contributed by atoms with Crippen molar-refractivity contribution < 1.29 is 0 Å². The van der Waals surface area contributed by atoms with Crippen LogP contribution in [0.25, 0.3) is 6.08 Å². The molecule has 2 rings (SSSR count). The maximum atomic E-state index is 4.19. The maximum Gasteiger partial charge on any atom is 0.0734 e. The van der Waals surface area contributed by atoms with Crippen molar-refractivity contribution in [2.24, 2.45) is 0 Å². The van der Waals surface area contributed by atoms with E-state index in [0.717, 1.165) is 17.8 Å². The van der Waals surface area contributed by atoms with Gasteiger partial charge in [0.25, 0.3) is 0 Å². The lowest BCUT2D eigenvalue weighted by atomic mass is 10.1. The van der Waals surface area contributed by atoms with Gasteiger partial charge in [-0.1, -0.05) is 24.3 Å². The number of hydrogen-bond acceptors (Lipinski definition) is 1. The van der Waals surface area contributed by atoms with Crippen LogP contribution in [0.2, 0.25) is 0 Å². The van der Waals surface area contributed by atoms with Gasteiger partial charge in [0.15, 0.2) is 0 Å². The van der Waals surface area contributed by atoms with Crippen LogP contribution in [-0.2, 0) is 6.42 Å². The van der Waals surface area contributed by atoms with Gasteiger partial charge in [0.05, 0.1) is 5.69 Å². The second kappa shape index (κ2) is 2.38. The number of allylic oxidation sites excluding steroid dienone is 3. The fourth-order valence-electron chi connectivity index (χ4n) is 1.28. The minimum atomic E-state index is 0.937. The van der Waals surface area contributed by atoms with Crippen molar-refractivity contribution in [3.8, 4) is 0 Å². The molecule has 0 spiro atoms. The first-order chi connectivity index (χ1) is 5.38. The van der Waals surface area contributed by atoms with Crippen LogP contribution in [0, 0.1) is 6.92 Å². The zero-order valence-corrected chi connectivity index (χ0v) is 6.46. The Morgan fingerprint density at radius 2 is 2.36 bits per heavy atom. The summed E-state index contributed by atoms with van der Waals surface area (Å²) in [5.74, 6) is 0. The topological polar surface area (TPSA) is 28.7 Å². The number of hydrogen-bond donors (Lipinski definition) is 1. The molecule has 1 heterocycles. The summed E-state index contributed by atoms with van der Waals surface area (Å²) in [6.07, 6.45) is 9.25. The second-order valence-electron chi connectivity index (χ2n) is 2.70. The van der Waals surface area contributed by atoms with Crippen LogP contribution in [0.3, 0.4) is 0 Å². The van der Waals surface area contributed by atoms with Crippen LogP contribution >= 0.6 is 0 Å². The number of aromatic nitrogens is 2. The van der Waals surface area contributed by atoms with Crippen molar-refractivity contribution >= 4 is 6.08 Å². The molecule has 2 heteroatoms. The summed E-state index contributed by atoms with van der Waals surface area (Å²) in [5, 5.41) is 7.16. The average molecular weight is 146 g/mol. The molecule has 1 aliphatic rings. The summed E-state index contributed by atoms with van der Waals surface area (Å²) >= 11 is 0. The van der Waals surface area contributed by atoms with Crippen LogP contribution in [-0.4, -0.2) is 10.2 Å². The van der Waals surface area contributed by atoms with Gasteiger partial charge >= 0.3 is 0 Å². The Bertz CT molecular complexity index is 318. The zero-order valence-electron chi connectivity index (χ0n) is 6.46. The number of H-pyrrole nitrogens is 1. The number of rotatable bonds is 0. The molecule has 0 aliphatic heterocycles. The Balaban J connectivity index is 2.55. The third kappa shape index (κ3) is 1.00. The van der Waals surface area contributed by atoms with Crippen LogP contribution < -0.4 is 0 Å². The number of aryl methyl sites for hydroxylation is 1. The molecular weight excluding hydrogens is 136 g/mol. The van der Waals surface area contributed by atoms with Crippen LogP contribution in [0.4, 0.5) is 0 Å². The van der Waals surface area contributed by atoms with Gasteiger partial charge in [-0.05, 0) is 6.92 Å². The molecular formula is C9H10N2. The number of nitrogens with zero attached hydrogens (tertiary/aromatic N) is 1. The number of fused-ring (bicyclic) bond motifs is 1. The summed E-state index contributed by atoms with van der Waals surface area (Å²) in [4.78, 5) is 0. The Morgan fingerprint density at radius 1 is 1.45 bits per heavy atom. The van der Waals surface area contributed by atoms with Crippen molar-refractivity contribution in [2.45, 2.75) is 13.3 Å². The first-order valence-electron chi connectivity index (χ1n) is 3.75. The van der Waals surface area contributed by atoms with E-state index in [-0.39, 0.29) is 0 Å². The Labute approximate surface area is 65.6 Å². The fourth-order valence-corrected chi connectivity index (χ4v) is 1.28. The predicted molar refractivity (Wildman–Crippen MR) is 45.2 cm³/mol. The molecule has 0 radical (unpaired) electrons. The van der Waals surface area contributed by atoms with Gasteiger partial charge in [-0.15, -0.1) is 0 Å². The molecule has 56 valence electrons. The number of aromatic amines is 1. The van der Waals surface area contributed by atoms with Gasteiger partial charge in [0, 0.05) is 17.7 Å². The highest BCUT2D eigenvalue weighted by molar-refractivity contribution is 5.57. The molecule has 11 heavy (non-hydrogen) atoms. The van der Waals surface area contributed by atoms with E-state index in [1.165, 1.54) is 5.56 Å². The lowest BCUT2D eigenvalue weighted by molar-refractivity contribution is 0.991. The standard InChI is InChI=1S/C9H10N2/c1-7-8-5-3-2-4-6-9(8)11-10-7/h2-5H,6H2,1H3,(H,10,11). The van der Waals surface area contributed by atoms with Crippen molar-refractivity contribution in [2.75, 3.05) is 0 Å². The summed E-state index contributed by atoms with van der Waals surface area (Å²) in [6, 6.07) is 0. The molecule has 0 aromatic carbocycles. The average Bonchev–Trinajstić information content (AvgIpc) is 2.25. The lowest BCUT2D eigenvalue weighted by Crippen LogP contribution is -1.82. The Morgan fingerprint density at radius 3 is 3.27 bits per heavy atom. The molecule has 1 aliphatic carbocycles. The largest absolute Gasteiger partial charge is 0.282 e. The van der Waals surface area contributed by atoms with Crippen molar-refractivity contribution in [3.05, 3.63) is 35.2 Å². The molecule has 0 bridgehead atoms. The lowest BCUT2D eigenvalue weighted by Gasteiger charge is -1.90. The van der Waals surface area contributed by atoms with E-state index in [9.17, 15) is 0 Å². The Hall–Kier alpha value is -1.31. The summed E-state index contributed by atoms with van der Waals surface area (Å²) < 4.78 is 0. The third-order valence-corrected chi connectivity index (χ3v) is 1.89. The SMILES string of the molecule is Cc1[nH]nc2c1C=CC=CC2. The van der Waals surface area contributed by atoms with Crippen molar-refractivity contribution in [1.82, 2.24) is 10.2 Å². The smallest absolute Gasteiger partial charge is 0.0734 e. The molecule has 1 aromatic heterocycles. The summed E-state index contributed by atoms with van der Waals surface area (Å²) in [5.41, 5.74) is 3.54. The molecule has 0 fully saturated rings. The van der Waals surface area contributed by atoms with E-state index in [0.29, 0.717) is 0 Å². The van der Waals surface area contributed by atoms with Crippen molar-refractivity contribution in [1.29, 1.82) is 0 Å². The van der Waals surface area contributed by atoms with Crippen LogP contribution in [0.5, 0.6) is 0 Å². The van der Waals surface area contributed by atoms with Crippen LogP contribution in [0.15, 0.2) is 18.2 Å². The highest BCUT2D eigenvalue weighted by Gasteiger charge is 2.05. The Kier molecular flexibility index (Phi) is 1.39. The first kappa shape index (κ1) is 6.40. The highest BCUT2D eigenvalue weighted by Crippen LogP contribution is 2.15. The molecule has 1 N–H and O–H groups in total. The van der Waals surface area contributed by atoms with E-state index in [1.54, 1.807) is 0 Å². The normalized spacial score (nSPS) is 14.6. The molecule has 0 saturated heterocycles. The fraction of sp³-hybridized carbons (Fsp3) is 0.222.